The number of hydrogen-bond donors (Lipinski definition) is 1. The normalized spacial score (nSPS) is 25.6. The third kappa shape index (κ3) is 3.37. The van der Waals surface area contributed by atoms with Gasteiger partial charge in [0.15, 0.2) is 0 Å². The van der Waals surface area contributed by atoms with Crippen molar-refractivity contribution in [1.29, 1.82) is 0 Å². The quantitative estimate of drug-likeness (QED) is 0.394. The summed E-state index contributed by atoms with van der Waals surface area (Å²) in [5.74, 6) is 0.599. The number of unbranched alkanes of at least 4 members (excludes halogenated alkanes) is 3. The van der Waals surface area contributed by atoms with E-state index in [1.165, 1.54) is 44.9 Å². The van der Waals surface area contributed by atoms with E-state index in [-0.39, 0.29) is 0 Å². The highest BCUT2D eigenvalue weighted by Crippen LogP contribution is 2.27. The predicted molar refractivity (Wildman–Crippen MR) is 55.3 cm³/mol. The molecule has 0 bridgehead atoms. The van der Waals surface area contributed by atoms with Gasteiger partial charge in [0.05, 0.1) is 5.71 Å². The largest absolute Gasteiger partial charge is 0.411 e. The van der Waals surface area contributed by atoms with Gasteiger partial charge in [0.25, 0.3) is 0 Å². The molecule has 76 valence electrons. The summed E-state index contributed by atoms with van der Waals surface area (Å²) in [6.45, 7) is 2.23. The van der Waals surface area contributed by atoms with Gasteiger partial charge in [-0.25, -0.2) is 0 Å². The van der Waals surface area contributed by atoms with Crippen LogP contribution < -0.4 is 0 Å². The Balaban J connectivity index is 2.13. The molecule has 0 spiro atoms. The van der Waals surface area contributed by atoms with Gasteiger partial charge in [-0.1, -0.05) is 37.8 Å². The first-order valence-electron chi connectivity index (χ1n) is 5.59. The Labute approximate surface area is 81.0 Å². The van der Waals surface area contributed by atoms with Gasteiger partial charge < -0.3 is 5.21 Å². The third-order valence-corrected chi connectivity index (χ3v) is 2.99. The number of rotatable bonds is 5. The highest BCUT2D eigenvalue weighted by atomic mass is 16.4. The summed E-state index contributed by atoms with van der Waals surface area (Å²) >= 11 is 0. The molecular weight excluding hydrogens is 162 g/mol. The molecule has 1 aliphatic carbocycles. The van der Waals surface area contributed by atoms with Crippen LogP contribution in [0.15, 0.2) is 5.16 Å². The zero-order valence-electron chi connectivity index (χ0n) is 8.63. The van der Waals surface area contributed by atoms with Crippen LogP contribution in [-0.4, -0.2) is 10.9 Å². The summed E-state index contributed by atoms with van der Waals surface area (Å²) in [5.41, 5.74) is 1.05. The molecule has 1 rings (SSSR count). The van der Waals surface area contributed by atoms with Gasteiger partial charge in [0.2, 0.25) is 0 Å². The van der Waals surface area contributed by atoms with Gasteiger partial charge in [-0.3, -0.25) is 0 Å². The van der Waals surface area contributed by atoms with Crippen molar-refractivity contribution in [2.75, 3.05) is 0 Å². The van der Waals surface area contributed by atoms with Gasteiger partial charge in [-0.2, -0.15) is 0 Å². The van der Waals surface area contributed by atoms with Crippen LogP contribution in [0.3, 0.4) is 0 Å². The molecule has 1 atom stereocenters. The maximum atomic E-state index is 8.73. The van der Waals surface area contributed by atoms with Crippen molar-refractivity contribution in [3.63, 3.8) is 0 Å². The average molecular weight is 183 g/mol. The van der Waals surface area contributed by atoms with Gasteiger partial charge in [0.1, 0.15) is 0 Å². The zero-order valence-corrected chi connectivity index (χ0v) is 8.63. The monoisotopic (exact) mass is 183 g/mol. The van der Waals surface area contributed by atoms with Crippen LogP contribution in [0.2, 0.25) is 0 Å². The van der Waals surface area contributed by atoms with E-state index >= 15 is 0 Å². The van der Waals surface area contributed by atoms with Crippen LogP contribution in [0.5, 0.6) is 0 Å². The molecule has 0 aromatic carbocycles. The molecule has 1 aliphatic rings. The van der Waals surface area contributed by atoms with E-state index < -0.39 is 0 Å². The summed E-state index contributed by atoms with van der Waals surface area (Å²) in [6.07, 6.45) is 10.0. The lowest BCUT2D eigenvalue weighted by molar-refractivity contribution is 0.314. The molecular formula is C11H21NO. The van der Waals surface area contributed by atoms with E-state index in [1.54, 1.807) is 0 Å². The summed E-state index contributed by atoms with van der Waals surface area (Å²) in [6, 6.07) is 0. The summed E-state index contributed by atoms with van der Waals surface area (Å²) in [5, 5.41) is 12.1. The van der Waals surface area contributed by atoms with Crippen LogP contribution >= 0.6 is 0 Å². The maximum absolute atomic E-state index is 8.73. The second-order valence-corrected chi connectivity index (χ2v) is 4.03. The molecule has 0 aromatic heterocycles. The molecule has 2 nitrogen and oxygen atoms in total. The molecule has 1 saturated carbocycles. The number of nitrogens with zero attached hydrogens (tertiary/aromatic N) is 1. The Kier molecular flexibility index (Phi) is 4.87. The fraction of sp³-hybridized carbons (Fsp3) is 0.909. The molecule has 0 unspecified atom stereocenters. The minimum absolute atomic E-state index is 0.599. The van der Waals surface area contributed by atoms with Gasteiger partial charge >= 0.3 is 0 Å². The van der Waals surface area contributed by atoms with Gasteiger partial charge in [0, 0.05) is 5.92 Å². The molecule has 0 heterocycles. The summed E-state index contributed by atoms with van der Waals surface area (Å²) < 4.78 is 0. The molecule has 0 saturated heterocycles. The first kappa shape index (κ1) is 10.6. The minimum Gasteiger partial charge on any atom is -0.411 e. The topological polar surface area (TPSA) is 32.6 Å². The first-order chi connectivity index (χ1) is 6.38. The highest BCUT2D eigenvalue weighted by Gasteiger charge is 2.22. The minimum atomic E-state index is 0.599. The SMILES string of the molecule is CCCCCC[C@@H]1CCC/C1=N/O. The van der Waals surface area contributed by atoms with Crippen LogP contribution in [0, 0.1) is 5.92 Å². The van der Waals surface area contributed by atoms with Crippen molar-refractivity contribution in [3.8, 4) is 0 Å². The zero-order chi connectivity index (χ0) is 9.52. The number of oxime groups is 1. The molecule has 2 heteroatoms. The van der Waals surface area contributed by atoms with Crippen molar-refractivity contribution in [2.45, 2.75) is 58.3 Å². The molecule has 0 aliphatic heterocycles. The lowest BCUT2D eigenvalue weighted by atomic mass is 9.98. The van der Waals surface area contributed by atoms with E-state index in [4.69, 9.17) is 5.21 Å². The van der Waals surface area contributed by atoms with Gasteiger partial charge in [-0.05, 0) is 25.7 Å². The Morgan fingerprint density at radius 3 is 2.92 bits per heavy atom. The lowest BCUT2D eigenvalue weighted by Crippen LogP contribution is -2.06. The third-order valence-electron chi connectivity index (χ3n) is 2.99. The van der Waals surface area contributed by atoms with E-state index in [1.807, 2.05) is 0 Å². The Hall–Kier alpha value is -0.530. The smallest absolute Gasteiger partial charge is 0.0601 e. The molecule has 0 amide bonds. The Morgan fingerprint density at radius 2 is 2.23 bits per heavy atom. The van der Waals surface area contributed by atoms with Gasteiger partial charge in [-0.15, -0.1) is 0 Å². The van der Waals surface area contributed by atoms with Crippen LogP contribution in [0.4, 0.5) is 0 Å². The van der Waals surface area contributed by atoms with E-state index in [2.05, 4.69) is 12.1 Å². The van der Waals surface area contributed by atoms with Crippen molar-refractivity contribution in [1.82, 2.24) is 0 Å². The summed E-state index contributed by atoms with van der Waals surface area (Å²) in [7, 11) is 0. The Bertz CT molecular complexity index is 165. The second-order valence-electron chi connectivity index (χ2n) is 4.03. The summed E-state index contributed by atoms with van der Waals surface area (Å²) in [4.78, 5) is 0. The maximum Gasteiger partial charge on any atom is 0.0601 e. The lowest BCUT2D eigenvalue weighted by Gasteiger charge is -2.08. The molecule has 13 heavy (non-hydrogen) atoms. The van der Waals surface area contributed by atoms with Crippen LogP contribution in [0.1, 0.15) is 58.3 Å². The highest BCUT2D eigenvalue weighted by molar-refractivity contribution is 5.87. The molecule has 0 radical (unpaired) electrons. The fourth-order valence-electron chi connectivity index (χ4n) is 2.16. The van der Waals surface area contributed by atoms with Crippen molar-refractivity contribution >= 4 is 5.71 Å². The van der Waals surface area contributed by atoms with E-state index in [0.29, 0.717) is 5.92 Å². The second kappa shape index (κ2) is 6.01. The fourth-order valence-corrected chi connectivity index (χ4v) is 2.16. The Morgan fingerprint density at radius 1 is 1.38 bits per heavy atom. The molecule has 1 fully saturated rings. The average Bonchev–Trinajstić information content (AvgIpc) is 2.60. The molecule has 0 aromatic rings. The van der Waals surface area contributed by atoms with Crippen molar-refractivity contribution in [2.24, 2.45) is 11.1 Å². The number of hydrogen-bond acceptors (Lipinski definition) is 2. The first-order valence-corrected chi connectivity index (χ1v) is 5.59. The van der Waals surface area contributed by atoms with Crippen LogP contribution in [0.25, 0.3) is 0 Å². The van der Waals surface area contributed by atoms with E-state index in [9.17, 15) is 0 Å². The predicted octanol–water partition coefficient (Wildman–Crippen LogP) is 3.59. The van der Waals surface area contributed by atoms with Crippen molar-refractivity contribution in [3.05, 3.63) is 0 Å². The van der Waals surface area contributed by atoms with Crippen LogP contribution in [-0.2, 0) is 0 Å². The molecule has 1 N–H and O–H groups in total. The van der Waals surface area contributed by atoms with Crippen molar-refractivity contribution < 1.29 is 5.21 Å². The standard InChI is InChI=1S/C11H21NO/c1-2-3-4-5-7-10-8-6-9-11(10)12-13/h10,13H,2-9H2,1H3/b12-11-/t10-/m1/s1. The van der Waals surface area contributed by atoms with E-state index in [0.717, 1.165) is 12.1 Å².